The highest BCUT2D eigenvalue weighted by atomic mass is 19.1. The van der Waals surface area contributed by atoms with E-state index in [4.69, 9.17) is 4.74 Å². The van der Waals surface area contributed by atoms with Crippen molar-refractivity contribution in [3.8, 4) is 5.75 Å². The number of para-hydroxylation sites is 2. The molecule has 0 spiro atoms. The Balaban J connectivity index is 1.66. The van der Waals surface area contributed by atoms with Crippen molar-refractivity contribution in [2.75, 3.05) is 4.90 Å². The molecule has 1 fully saturated rings. The van der Waals surface area contributed by atoms with Gasteiger partial charge in [-0.3, -0.25) is 14.9 Å². The first kappa shape index (κ1) is 20.9. The van der Waals surface area contributed by atoms with Crippen LogP contribution in [0.25, 0.3) is 6.08 Å². The Morgan fingerprint density at radius 1 is 0.844 bits per heavy atom. The van der Waals surface area contributed by atoms with E-state index in [1.807, 2.05) is 5.32 Å². The van der Waals surface area contributed by atoms with Crippen LogP contribution in [0.15, 0.2) is 78.4 Å². The lowest BCUT2D eigenvalue weighted by molar-refractivity contribution is -0.122. The maximum absolute atomic E-state index is 14.2. The van der Waals surface area contributed by atoms with Crippen molar-refractivity contribution in [1.29, 1.82) is 0 Å². The summed E-state index contributed by atoms with van der Waals surface area (Å²) in [7, 11) is 0. The van der Waals surface area contributed by atoms with Crippen molar-refractivity contribution in [2.45, 2.75) is 6.61 Å². The molecule has 0 aromatic heterocycles. The van der Waals surface area contributed by atoms with E-state index in [9.17, 15) is 23.2 Å². The van der Waals surface area contributed by atoms with Gasteiger partial charge < -0.3 is 4.74 Å². The van der Waals surface area contributed by atoms with Crippen LogP contribution in [0.5, 0.6) is 5.75 Å². The molecule has 0 atom stereocenters. The number of urea groups is 1. The maximum atomic E-state index is 14.2. The number of imide groups is 2. The number of carbonyl (C=O) groups excluding carboxylic acids is 3. The maximum Gasteiger partial charge on any atom is 0.336 e. The third-order valence-electron chi connectivity index (χ3n) is 4.75. The molecule has 0 saturated carbocycles. The molecule has 1 N–H and O–H groups in total. The van der Waals surface area contributed by atoms with E-state index < -0.39 is 29.5 Å². The lowest BCUT2D eigenvalue weighted by atomic mass is 10.1. The molecule has 1 saturated heterocycles. The summed E-state index contributed by atoms with van der Waals surface area (Å²) >= 11 is 0. The van der Waals surface area contributed by atoms with Gasteiger partial charge in [-0.05, 0) is 30.3 Å². The summed E-state index contributed by atoms with van der Waals surface area (Å²) in [6.07, 6.45) is 1.24. The summed E-state index contributed by atoms with van der Waals surface area (Å²) in [5, 5.41) is 2.04. The predicted molar refractivity (Wildman–Crippen MR) is 113 cm³/mol. The normalized spacial score (nSPS) is 15.1. The van der Waals surface area contributed by atoms with Crippen LogP contribution in [0.2, 0.25) is 0 Å². The number of halogens is 2. The Bertz CT molecular complexity index is 1260. The molecule has 32 heavy (non-hydrogen) atoms. The van der Waals surface area contributed by atoms with Crippen molar-refractivity contribution < 1.29 is 27.9 Å². The molecule has 0 radical (unpaired) electrons. The van der Waals surface area contributed by atoms with E-state index in [2.05, 4.69) is 0 Å². The molecule has 4 amide bonds. The number of nitrogens with one attached hydrogen (secondary N) is 1. The average Bonchev–Trinajstić information content (AvgIpc) is 2.78. The fourth-order valence-electron chi connectivity index (χ4n) is 3.17. The van der Waals surface area contributed by atoms with Crippen LogP contribution >= 0.6 is 0 Å². The van der Waals surface area contributed by atoms with Gasteiger partial charge in [-0.25, -0.2) is 18.5 Å². The molecule has 3 aromatic rings. The van der Waals surface area contributed by atoms with E-state index in [0.717, 1.165) is 6.07 Å². The van der Waals surface area contributed by atoms with Crippen molar-refractivity contribution >= 4 is 29.6 Å². The summed E-state index contributed by atoms with van der Waals surface area (Å²) in [6, 6.07) is 16.8. The number of carbonyl (C=O) groups is 3. The van der Waals surface area contributed by atoms with Gasteiger partial charge in [0.1, 0.15) is 29.6 Å². The summed E-state index contributed by atoms with van der Waals surface area (Å²) in [5.74, 6) is -2.83. The predicted octanol–water partition coefficient (Wildman–Crippen LogP) is 4.21. The second-order valence-corrected chi connectivity index (χ2v) is 6.83. The van der Waals surface area contributed by atoms with E-state index in [1.165, 1.54) is 30.3 Å². The number of benzene rings is 3. The topological polar surface area (TPSA) is 75.7 Å². The quantitative estimate of drug-likeness (QED) is 0.482. The zero-order valence-corrected chi connectivity index (χ0v) is 16.5. The van der Waals surface area contributed by atoms with Crippen LogP contribution in [0.3, 0.4) is 0 Å². The van der Waals surface area contributed by atoms with Crippen molar-refractivity contribution in [3.63, 3.8) is 0 Å². The van der Waals surface area contributed by atoms with Gasteiger partial charge in [0.25, 0.3) is 11.8 Å². The second kappa shape index (κ2) is 8.81. The molecule has 0 unspecified atom stereocenters. The molecule has 3 aromatic carbocycles. The van der Waals surface area contributed by atoms with Gasteiger partial charge in [0.15, 0.2) is 0 Å². The van der Waals surface area contributed by atoms with Crippen LogP contribution in [0, 0.1) is 11.6 Å². The SMILES string of the molecule is O=C1NC(=O)N(c2ccccc2F)C(=O)C1=Cc1ccccc1OCc1ccccc1F. The third kappa shape index (κ3) is 4.11. The Morgan fingerprint density at radius 2 is 1.50 bits per heavy atom. The Morgan fingerprint density at radius 3 is 2.25 bits per heavy atom. The van der Waals surface area contributed by atoms with Gasteiger partial charge in [0, 0.05) is 11.1 Å². The Labute approximate surface area is 181 Å². The minimum absolute atomic E-state index is 0.0765. The molecule has 0 bridgehead atoms. The second-order valence-electron chi connectivity index (χ2n) is 6.83. The highest BCUT2D eigenvalue weighted by Crippen LogP contribution is 2.27. The van der Waals surface area contributed by atoms with Gasteiger partial charge in [0.2, 0.25) is 0 Å². The first-order chi connectivity index (χ1) is 15.5. The highest BCUT2D eigenvalue weighted by molar-refractivity contribution is 6.39. The van der Waals surface area contributed by atoms with Crippen LogP contribution in [-0.4, -0.2) is 17.8 Å². The summed E-state index contributed by atoms with van der Waals surface area (Å²) in [6.45, 7) is -0.0765. The van der Waals surface area contributed by atoms with E-state index >= 15 is 0 Å². The number of hydrogen-bond donors (Lipinski definition) is 1. The first-order valence-electron chi connectivity index (χ1n) is 9.57. The lowest BCUT2D eigenvalue weighted by Crippen LogP contribution is -2.54. The minimum atomic E-state index is -1.05. The van der Waals surface area contributed by atoms with Crippen LogP contribution < -0.4 is 15.0 Å². The van der Waals surface area contributed by atoms with Gasteiger partial charge in [0.05, 0.1) is 5.69 Å². The average molecular weight is 434 g/mol. The van der Waals surface area contributed by atoms with Gasteiger partial charge in [-0.15, -0.1) is 0 Å². The van der Waals surface area contributed by atoms with E-state index in [1.54, 1.807) is 42.5 Å². The third-order valence-corrected chi connectivity index (χ3v) is 4.75. The van der Waals surface area contributed by atoms with Crippen LogP contribution in [-0.2, 0) is 16.2 Å². The molecule has 160 valence electrons. The Kier molecular flexibility index (Phi) is 5.76. The van der Waals surface area contributed by atoms with Crippen molar-refractivity contribution in [1.82, 2.24) is 5.32 Å². The standard InChI is InChI=1S/C24H16F2N2O4/c25-18-9-3-1-8-16(18)14-32-21-12-6-2-7-15(21)13-17-22(29)27-24(31)28(23(17)30)20-11-5-4-10-19(20)26/h1-13H,14H2,(H,27,29,31). The van der Waals surface area contributed by atoms with Crippen LogP contribution in [0.4, 0.5) is 19.3 Å². The molecular formula is C24H16F2N2O4. The summed E-state index contributed by atoms with van der Waals surface area (Å²) in [4.78, 5) is 38.1. The monoisotopic (exact) mass is 434 g/mol. The van der Waals surface area contributed by atoms with E-state index in [-0.39, 0.29) is 23.6 Å². The van der Waals surface area contributed by atoms with E-state index in [0.29, 0.717) is 16.0 Å². The zero-order valence-electron chi connectivity index (χ0n) is 16.5. The van der Waals surface area contributed by atoms with Gasteiger partial charge >= 0.3 is 6.03 Å². The minimum Gasteiger partial charge on any atom is -0.488 e. The summed E-state index contributed by atoms with van der Waals surface area (Å²) in [5.41, 5.74) is 0.0234. The van der Waals surface area contributed by atoms with Gasteiger partial charge in [-0.2, -0.15) is 0 Å². The molecule has 8 heteroatoms. The van der Waals surface area contributed by atoms with Crippen molar-refractivity contribution in [3.05, 3.63) is 101 Å². The molecule has 0 aliphatic carbocycles. The molecule has 1 aliphatic heterocycles. The number of rotatable bonds is 5. The van der Waals surface area contributed by atoms with Crippen molar-refractivity contribution in [2.24, 2.45) is 0 Å². The zero-order chi connectivity index (χ0) is 22.7. The largest absolute Gasteiger partial charge is 0.488 e. The number of nitrogens with zero attached hydrogens (tertiary/aromatic N) is 1. The number of hydrogen-bond acceptors (Lipinski definition) is 4. The lowest BCUT2D eigenvalue weighted by Gasteiger charge is -2.26. The Hall–Kier alpha value is -4.33. The first-order valence-corrected chi connectivity index (χ1v) is 9.57. The number of barbiturate groups is 1. The molecule has 4 rings (SSSR count). The van der Waals surface area contributed by atoms with Crippen LogP contribution in [0.1, 0.15) is 11.1 Å². The molecular weight excluding hydrogens is 418 g/mol. The molecule has 6 nitrogen and oxygen atoms in total. The fraction of sp³-hybridized carbons (Fsp3) is 0.0417. The smallest absolute Gasteiger partial charge is 0.336 e. The number of amides is 4. The molecule has 1 heterocycles. The van der Waals surface area contributed by atoms with Gasteiger partial charge in [-0.1, -0.05) is 48.5 Å². The number of anilines is 1. The number of ether oxygens (including phenoxy) is 1. The fourth-order valence-corrected chi connectivity index (χ4v) is 3.17. The molecule has 1 aliphatic rings. The summed E-state index contributed by atoms with van der Waals surface area (Å²) < 4.78 is 33.8. The highest BCUT2D eigenvalue weighted by Gasteiger charge is 2.38.